The largest absolute Gasteiger partial charge is 0.368 e. The van der Waals surface area contributed by atoms with Crippen molar-refractivity contribution >= 4 is 39.1 Å². The van der Waals surface area contributed by atoms with Gasteiger partial charge in [-0.1, -0.05) is 18.2 Å². The van der Waals surface area contributed by atoms with E-state index in [2.05, 4.69) is 52.1 Å². The molecule has 7 heteroatoms. The van der Waals surface area contributed by atoms with E-state index in [-0.39, 0.29) is 17.7 Å². The van der Waals surface area contributed by atoms with Crippen LogP contribution in [0.15, 0.2) is 47.8 Å². The molecule has 2 fully saturated rings. The van der Waals surface area contributed by atoms with Gasteiger partial charge in [-0.25, -0.2) is 0 Å². The Bertz CT molecular complexity index is 1100. The van der Waals surface area contributed by atoms with Crippen LogP contribution in [-0.2, 0) is 11.3 Å². The number of aryl methyl sites for hydroxylation is 1. The molecule has 2 aliphatic rings. The number of amides is 2. The first-order valence-corrected chi connectivity index (χ1v) is 12.5. The van der Waals surface area contributed by atoms with Gasteiger partial charge in [-0.2, -0.15) is 0 Å². The molecular weight excluding hydrogens is 420 g/mol. The third kappa shape index (κ3) is 3.90. The highest BCUT2D eigenvalue weighted by Crippen LogP contribution is 2.28. The van der Waals surface area contributed by atoms with Crippen LogP contribution >= 0.6 is 11.3 Å². The highest BCUT2D eigenvalue weighted by molar-refractivity contribution is 7.17. The molecule has 32 heavy (non-hydrogen) atoms. The summed E-state index contributed by atoms with van der Waals surface area (Å²) < 4.78 is 3.25. The maximum absolute atomic E-state index is 13.4. The molecule has 5 rings (SSSR count). The number of piperazine rings is 1. The Morgan fingerprint density at radius 3 is 2.53 bits per heavy atom. The zero-order chi connectivity index (χ0) is 22.1. The number of hydrogen-bond donors (Lipinski definition) is 0. The van der Waals surface area contributed by atoms with Gasteiger partial charge in [-0.05, 0) is 49.4 Å². The first kappa shape index (κ1) is 21.1. The maximum atomic E-state index is 13.4. The zero-order valence-corrected chi connectivity index (χ0v) is 19.4. The highest BCUT2D eigenvalue weighted by atomic mass is 32.1. The Kier molecular flexibility index (Phi) is 5.91. The molecule has 168 valence electrons. The number of aromatic nitrogens is 1. The summed E-state index contributed by atoms with van der Waals surface area (Å²) in [5, 5.41) is 2.07. The number of rotatable bonds is 4. The number of carbonyl (C=O) groups is 2. The molecule has 0 saturated carbocycles. The smallest absolute Gasteiger partial charge is 0.270 e. The van der Waals surface area contributed by atoms with Gasteiger partial charge in [0.2, 0.25) is 5.91 Å². The van der Waals surface area contributed by atoms with Crippen molar-refractivity contribution in [2.45, 2.75) is 26.3 Å². The molecule has 2 amide bonds. The number of anilines is 1. The summed E-state index contributed by atoms with van der Waals surface area (Å²) in [6.45, 7) is 7.29. The SMILES string of the molecule is CCn1c(C(=O)N2CCC[C@H](C(=O)N3CCN(c4ccccc4)CC3)C2)cc2sccc21. The van der Waals surface area contributed by atoms with Crippen molar-refractivity contribution in [3.63, 3.8) is 0 Å². The van der Waals surface area contributed by atoms with E-state index >= 15 is 0 Å². The predicted octanol–water partition coefficient (Wildman–Crippen LogP) is 3.92. The van der Waals surface area contributed by atoms with E-state index in [0.29, 0.717) is 6.54 Å². The average molecular weight is 451 g/mol. The van der Waals surface area contributed by atoms with Crippen molar-refractivity contribution in [1.82, 2.24) is 14.4 Å². The third-order valence-electron chi connectivity index (χ3n) is 6.83. The summed E-state index contributed by atoms with van der Waals surface area (Å²) in [6.07, 6.45) is 1.75. The van der Waals surface area contributed by atoms with E-state index in [4.69, 9.17) is 0 Å². The second-order valence-electron chi connectivity index (χ2n) is 8.68. The van der Waals surface area contributed by atoms with Gasteiger partial charge in [-0.3, -0.25) is 9.59 Å². The maximum Gasteiger partial charge on any atom is 0.270 e. The number of carbonyl (C=O) groups excluding carboxylic acids is 2. The lowest BCUT2D eigenvalue weighted by atomic mass is 9.96. The minimum atomic E-state index is -0.0952. The molecule has 0 radical (unpaired) electrons. The van der Waals surface area contributed by atoms with Gasteiger partial charge in [0, 0.05) is 51.5 Å². The van der Waals surface area contributed by atoms with Gasteiger partial charge >= 0.3 is 0 Å². The first-order chi connectivity index (χ1) is 15.7. The summed E-state index contributed by atoms with van der Waals surface area (Å²) in [5.41, 5.74) is 3.09. The molecule has 3 aromatic rings. The number of thiophene rings is 1. The fraction of sp³-hybridized carbons (Fsp3) is 0.440. The second kappa shape index (κ2) is 8.98. The van der Waals surface area contributed by atoms with Crippen molar-refractivity contribution in [2.24, 2.45) is 5.92 Å². The monoisotopic (exact) mass is 450 g/mol. The standard InChI is InChI=1S/C25H30N4O2S/c1-2-29-21-10-16-32-23(21)17-22(29)25(31)28-11-6-7-19(18-28)24(30)27-14-12-26(13-15-27)20-8-4-3-5-9-20/h3-5,8-10,16-17,19H,2,6-7,11-15,18H2,1H3/t19-/m0/s1. The van der Waals surface area contributed by atoms with Crippen molar-refractivity contribution in [2.75, 3.05) is 44.2 Å². The molecule has 0 unspecified atom stereocenters. The minimum Gasteiger partial charge on any atom is -0.368 e. The van der Waals surface area contributed by atoms with Crippen molar-refractivity contribution in [3.05, 3.63) is 53.5 Å². The van der Waals surface area contributed by atoms with Crippen LogP contribution in [0.25, 0.3) is 10.2 Å². The van der Waals surface area contributed by atoms with Gasteiger partial charge in [0.15, 0.2) is 0 Å². The summed E-state index contributed by atoms with van der Waals surface area (Å²) in [7, 11) is 0. The zero-order valence-electron chi connectivity index (χ0n) is 18.6. The number of piperidine rings is 1. The molecule has 0 N–H and O–H groups in total. The molecule has 2 aromatic heterocycles. The van der Waals surface area contributed by atoms with Gasteiger partial charge in [0.1, 0.15) is 5.69 Å². The van der Waals surface area contributed by atoms with Crippen LogP contribution in [-0.4, -0.2) is 65.4 Å². The van der Waals surface area contributed by atoms with Crippen LogP contribution in [0.4, 0.5) is 5.69 Å². The van der Waals surface area contributed by atoms with Gasteiger partial charge in [-0.15, -0.1) is 11.3 Å². The molecule has 4 heterocycles. The van der Waals surface area contributed by atoms with Gasteiger partial charge in [0.05, 0.1) is 16.1 Å². The fourth-order valence-electron chi connectivity index (χ4n) is 5.10. The van der Waals surface area contributed by atoms with Crippen LogP contribution in [0.3, 0.4) is 0 Å². The Labute approximate surface area is 193 Å². The van der Waals surface area contributed by atoms with Crippen LogP contribution in [0.1, 0.15) is 30.3 Å². The van der Waals surface area contributed by atoms with E-state index < -0.39 is 0 Å². The van der Waals surface area contributed by atoms with Crippen LogP contribution in [0.5, 0.6) is 0 Å². The summed E-state index contributed by atoms with van der Waals surface area (Å²) in [6, 6.07) is 14.5. The highest BCUT2D eigenvalue weighted by Gasteiger charge is 2.33. The molecular formula is C25H30N4O2S. The molecule has 2 aliphatic heterocycles. The van der Waals surface area contributed by atoms with E-state index in [9.17, 15) is 9.59 Å². The number of fused-ring (bicyclic) bond motifs is 1. The molecule has 0 aliphatic carbocycles. The molecule has 1 atom stereocenters. The van der Waals surface area contributed by atoms with E-state index in [1.54, 1.807) is 11.3 Å². The van der Waals surface area contributed by atoms with E-state index in [0.717, 1.165) is 68.0 Å². The lowest BCUT2D eigenvalue weighted by Crippen LogP contribution is -2.53. The molecule has 1 aromatic carbocycles. The van der Waals surface area contributed by atoms with Crippen LogP contribution in [0, 0.1) is 5.92 Å². The second-order valence-corrected chi connectivity index (χ2v) is 9.63. The van der Waals surface area contributed by atoms with E-state index in [1.807, 2.05) is 21.9 Å². The predicted molar refractivity (Wildman–Crippen MR) is 129 cm³/mol. The molecule has 2 saturated heterocycles. The van der Waals surface area contributed by atoms with Crippen LogP contribution < -0.4 is 4.90 Å². The topological polar surface area (TPSA) is 48.8 Å². The molecule has 6 nitrogen and oxygen atoms in total. The average Bonchev–Trinajstić information content (AvgIpc) is 3.45. The number of likely N-dealkylation sites (tertiary alicyclic amines) is 1. The molecule has 0 bridgehead atoms. The Morgan fingerprint density at radius 2 is 1.78 bits per heavy atom. The number of benzene rings is 1. The van der Waals surface area contributed by atoms with Gasteiger partial charge in [0.25, 0.3) is 5.91 Å². The summed E-state index contributed by atoms with van der Waals surface area (Å²) in [4.78, 5) is 32.9. The lowest BCUT2D eigenvalue weighted by molar-refractivity contribution is -0.137. The Morgan fingerprint density at radius 1 is 1.00 bits per heavy atom. The van der Waals surface area contributed by atoms with Crippen molar-refractivity contribution < 1.29 is 9.59 Å². The molecule has 0 spiro atoms. The minimum absolute atomic E-state index is 0.0571. The first-order valence-electron chi connectivity index (χ1n) is 11.6. The van der Waals surface area contributed by atoms with Gasteiger partial charge < -0.3 is 19.3 Å². The number of para-hydroxylation sites is 1. The lowest BCUT2D eigenvalue weighted by Gasteiger charge is -2.39. The quantitative estimate of drug-likeness (QED) is 0.605. The van der Waals surface area contributed by atoms with E-state index in [1.165, 1.54) is 5.69 Å². The van der Waals surface area contributed by atoms with Crippen molar-refractivity contribution in [3.8, 4) is 0 Å². The number of hydrogen-bond acceptors (Lipinski definition) is 4. The third-order valence-corrected chi connectivity index (χ3v) is 7.68. The normalized spacial score (nSPS) is 19.5. The Balaban J connectivity index is 1.23. The van der Waals surface area contributed by atoms with Crippen LogP contribution in [0.2, 0.25) is 0 Å². The summed E-state index contributed by atoms with van der Waals surface area (Å²) in [5.74, 6) is 0.172. The summed E-state index contributed by atoms with van der Waals surface area (Å²) >= 11 is 1.67. The Hall–Kier alpha value is -2.80. The van der Waals surface area contributed by atoms with Crippen molar-refractivity contribution in [1.29, 1.82) is 0 Å². The fourth-order valence-corrected chi connectivity index (χ4v) is 5.92. The number of nitrogens with zero attached hydrogens (tertiary/aromatic N) is 4.